The van der Waals surface area contributed by atoms with E-state index in [4.69, 9.17) is 10.2 Å². The van der Waals surface area contributed by atoms with Crippen LogP contribution in [-0.4, -0.2) is 30.6 Å². The van der Waals surface area contributed by atoms with Crippen molar-refractivity contribution in [2.75, 3.05) is 19.3 Å². The molecule has 0 fully saturated rings. The number of furan rings is 1. The van der Waals surface area contributed by atoms with Crippen molar-refractivity contribution in [3.8, 4) is 0 Å². The third kappa shape index (κ3) is 2.98. The summed E-state index contributed by atoms with van der Waals surface area (Å²) in [6.07, 6.45) is -4.44. The maximum absolute atomic E-state index is 12.2. The topological polar surface area (TPSA) is 59.5 Å². The number of amides is 1. The summed E-state index contributed by atoms with van der Waals surface area (Å²) in [5.41, 5.74) is 6.45. The third-order valence-corrected chi connectivity index (χ3v) is 2.51. The Morgan fingerprint density at radius 3 is 2.68 bits per heavy atom. The van der Waals surface area contributed by atoms with Gasteiger partial charge in [0.15, 0.2) is 5.76 Å². The van der Waals surface area contributed by atoms with E-state index in [9.17, 15) is 18.0 Å². The van der Waals surface area contributed by atoms with Gasteiger partial charge in [-0.3, -0.25) is 4.79 Å². The number of carbonyl (C=O) groups excluding carboxylic acids is 1. The number of rotatable bonds is 2. The number of carbonyl (C=O) groups is 1. The Morgan fingerprint density at radius 1 is 1.37 bits per heavy atom. The highest BCUT2D eigenvalue weighted by atomic mass is 19.4. The number of hydrogen-bond acceptors (Lipinski definition) is 3. The van der Waals surface area contributed by atoms with Crippen LogP contribution < -0.4 is 5.73 Å². The number of benzene rings is 1. The zero-order chi connectivity index (χ0) is 14.2. The van der Waals surface area contributed by atoms with Crippen LogP contribution in [0, 0.1) is 0 Å². The smallest absolute Gasteiger partial charge is 0.406 e. The molecule has 0 atom stereocenters. The van der Waals surface area contributed by atoms with Gasteiger partial charge in [0, 0.05) is 18.1 Å². The van der Waals surface area contributed by atoms with Crippen molar-refractivity contribution in [1.82, 2.24) is 4.90 Å². The first-order chi connectivity index (χ1) is 8.76. The fourth-order valence-corrected chi connectivity index (χ4v) is 1.70. The van der Waals surface area contributed by atoms with Gasteiger partial charge in [0.25, 0.3) is 5.91 Å². The van der Waals surface area contributed by atoms with Gasteiger partial charge in [-0.05, 0) is 24.3 Å². The molecule has 1 heterocycles. The maximum atomic E-state index is 12.2. The van der Waals surface area contributed by atoms with Crippen LogP contribution in [0.25, 0.3) is 11.0 Å². The first kappa shape index (κ1) is 13.3. The molecule has 2 N–H and O–H groups in total. The molecular formula is C12H11F3N2O2. The van der Waals surface area contributed by atoms with Crippen LogP contribution in [0.2, 0.25) is 0 Å². The fourth-order valence-electron chi connectivity index (χ4n) is 1.70. The number of nitrogen functional groups attached to an aromatic ring is 1. The van der Waals surface area contributed by atoms with Crippen LogP contribution in [0.1, 0.15) is 10.6 Å². The highest BCUT2D eigenvalue weighted by Crippen LogP contribution is 2.23. The molecule has 0 spiro atoms. The lowest BCUT2D eigenvalue weighted by Gasteiger charge is -2.17. The predicted molar refractivity (Wildman–Crippen MR) is 63.6 cm³/mol. The summed E-state index contributed by atoms with van der Waals surface area (Å²) in [4.78, 5) is 12.3. The lowest BCUT2D eigenvalue weighted by molar-refractivity contribution is -0.138. The van der Waals surface area contributed by atoms with Gasteiger partial charge in [-0.1, -0.05) is 0 Å². The summed E-state index contributed by atoms with van der Waals surface area (Å²) in [6.45, 7) is -1.33. The standard InChI is InChI=1S/C12H11F3N2O2/c1-17(6-12(13,14)15)11(18)10-5-7-4-8(16)2-3-9(7)19-10/h2-5H,6,16H2,1H3. The van der Waals surface area contributed by atoms with Crippen LogP contribution >= 0.6 is 0 Å². The van der Waals surface area contributed by atoms with Gasteiger partial charge in [-0.25, -0.2) is 0 Å². The Hall–Kier alpha value is -2.18. The van der Waals surface area contributed by atoms with Crippen molar-refractivity contribution < 1.29 is 22.4 Å². The minimum Gasteiger partial charge on any atom is -0.451 e. The SMILES string of the molecule is CN(CC(F)(F)F)C(=O)c1cc2cc(N)ccc2o1. The van der Waals surface area contributed by atoms with Gasteiger partial charge in [0.05, 0.1) is 0 Å². The summed E-state index contributed by atoms with van der Waals surface area (Å²) >= 11 is 0. The van der Waals surface area contributed by atoms with E-state index in [1.807, 2.05) is 0 Å². The van der Waals surface area contributed by atoms with Gasteiger partial charge < -0.3 is 15.1 Å². The van der Waals surface area contributed by atoms with Gasteiger partial charge >= 0.3 is 6.18 Å². The fraction of sp³-hybridized carbons (Fsp3) is 0.250. The molecule has 0 aliphatic rings. The van der Waals surface area contributed by atoms with Crippen LogP contribution in [0.3, 0.4) is 0 Å². The highest BCUT2D eigenvalue weighted by Gasteiger charge is 2.32. The van der Waals surface area contributed by atoms with Crippen molar-refractivity contribution in [3.05, 3.63) is 30.0 Å². The molecule has 0 saturated carbocycles. The van der Waals surface area contributed by atoms with Crippen molar-refractivity contribution >= 4 is 22.6 Å². The molecule has 0 bridgehead atoms. The van der Waals surface area contributed by atoms with Crippen molar-refractivity contribution in [2.24, 2.45) is 0 Å². The van der Waals surface area contributed by atoms with E-state index < -0.39 is 18.6 Å². The molecule has 102 valence electrons. The Morgan fingerprint density at radius 2 is 2.05 bits per heavy atom. The molecule has 19 heavy (non-hydrogen) atoms. The largest absolute Gasteiger partial charge is 0.451 e. The van der Waals surface area contributed by atoms with Gasteiger partial charge in [0.2, 0.25) is 0 Å². The number of nitrogens with two attached hydrogens (primary N) is 1. The van der Waals surface area contributed by atoms with Gasteiger partial charge in [0.1, 0.15) is 12.1 Å². The van der Waals surface area contributed by atoms with Crippen LogP contribution in [0.15, 0.2) is 28.7 Å². The molecule has 0 saturated heterocycles. The van der Waals surface area contributed by atoms with E-state index in [2.05, 4.69) is 0 Å². The molecule has 7 heteroatoms. The Balaban J connectivity index is 2.26. The first-order valence-corrected chi connectivity index (χ1v) is 5.37. The second-order valence-corrected chi connectivity index (χ2v) is 4.18. The molecule has 1 aromatic carbocycles. The Bertz CT molecular complexity index is 619. The van der Waals surface area contributed by atoms with Crippen molar-refractivity contribution in [3.63, 3.8) is 0 Å². The monoisotopic (exact) mass is 272 g/mol. The van der Waals surface area contributed by atoms with E-state index in [-0.39, 0.29) is 5.76 Å². The average molecular weight is 272 g/mol. The highest BCUT2D eigenvalue weighted by molar-refractivity contribution is 5.96. The second-order valence-electron chi connectivity index (χ2n) is 4.18. The lowest BCUT2D eigenvalue weighted by Crippen LogP contribution is -2.35. The van der Waals surface area contributed by atoms with Gasteiger partial charge in [-0.2, -0.15) is 13.2 Å². The van der Waals surface area contributed by atoms with Crippen molar-refractivity contribution in [1.29, 1.82) is 0 Å². The number of nitrogens with zero attached hydrogens (tertiary/aromatic N) is 1. The van der Waals surface area contributed by atoms with Gasteiger partial charge in [-0.15, -0.1) is 0 Å². The lowest BCUT2D eigenvalue weighted by atomic mass is 10.2. The molecule has 0 unspecified atom stereocenters. The van der Waals surface area contributed by atoms with Crippen LogP contribution in [0.5, 0.6) is 0 Å². The Kier molecular flexibility index (Phi) is 3.13. The molecule has 0 aliphatic heterocycles. The zero-order valence-electron chi connectivity index (χ0n) is 9.99. The minimum absolute atomic E-state index is 0.146. The minimum atomic E-state index is -4.44. The quantitative estimate of drug-likeness (QED) is 0.855. The molecule has 2 rings (SSSR count). The molecular weight excluding hydrogens is 261 g/mol. The summed E-state index contributed by atoms with van der Waals surface area (Å²) in [5.74, 6) is -0.973. The molecule has 0 radical (unpaired) electrons. The van der Waals surface area contributed by atoms with E-state index in [0.717, 1.165) is 7.05 Å². The summed E-state index contributed by atoms with van der Waals surface area (Å²) in [5, 5.41) is 0.573. The van der Waals surface area contributed by atoms with Crippen LogP contribution in [-0.2, 0) is 0 Å². The normalized spacial score (nSPS) is 11.8. The number of hydrogen-bond donors (Lipinski definition) is 1. The number of fused-ring (bicyclic) bond motifs is 1. The molecule has 0 aliphatic carbocycles. The zero-order valence-corrected chi connectivity index (χ0v) is 9.99. The average Bonchev–Trinajstić information content (AvgIpc) is 2.68. The van der Waals surface area contributed by atoms with E-state index >= 15 is 0 Å². The maximum Gasteiger partial charge on any atom is 0.406 e. The number of halogens is 3. The molecule has 2 aromatic rings. The number of anilines is 1. The Labute approximate surface area is 106 Å². The third-order valence-electron chi connectivity index (χ3n) is 2.51. The summed E-state index contributed by atoms with van der Waals surface area (Å²) < 4.78 is 41.8. The first-order valence-electron chi connectivity index (χ1n) is 5.37. The van der Waals surface area contributed by atoms with Crippen LogP contribution in [0.4, 0.5) is 18.9 Å². The molecule has 4 nitrogen and oxygen atoms in total. The predicted octanol–water partition coefficient (Wildman–Crippen LogP) is 2.65. The summed E-state index contributed by atoms with van der Waals surface area (Å²) in [7, 11) is 1.07. The van der Waals surface area contributed by atoms with Crippen molar-refractivity contribution in [2.45, 2.75) is 6.18 Å². The molecule has 1 aromatic heterocycles. The second kappa shape index (κ2) is 4.49. The van der Waals surface area contributed by atoms with E-state index in [0.29, 0.717) is 21.6 Å². The molecule has 1 amide bonds. The van der Waals surface area contributed by atoms with E-state index in [1.165, 1.54) is 6.07 Å². The van der Waals surface area contributed by atoms with E-state index in [1.54, 1.807) is 18.2 Å². The summed E-state index contributed by atoms with van der Waals surface area (Å²) in [6, 6.07) is 6.10. The number of alkyl halides is 3.